The van der Waals surface area contributed by atoms with Crippen LogP contribution in [0.1, 0.15) is 10.6 Å². The van der Waals surface area contributed by atoms with Crippen molar-refractivity contribution in [3.05, 3.63) is 72.1 Å². The van der Waals surface area contributed by atoms with Crippen LogP contribution in [0.2, 0.25) is 0 Å². The molecule has 6 nitrogen and oxygen atoms in total. The number of nitrogens with one attached hydrogen (secondary N) is 1. The van der Waals surface area contributed by atoms with Crippen LogP contribution in [0, 0.1) is 0 Å². The molecule has 0 saturated heterocycles. The van der Waals surface area contributed by atoms with Gasteiger partial charge in [0, 0.05) is 34.4 Å². The Labute approximate surface area is 164 Å². The maximum atomic E-state index is 12.6. The van der Waals surface area contributed by atoms with Crippen molar-refractivity contribution >= 4 is 38.9 Å². The SMILES string of the molecule is COc1cccc2cc(C(=O)Nc3ccc(-c4cn5ccsc5n4)cc3)oc12. The summed E-state index contributed by atoms with van der Waals surface area (Å²) in [4.78, 5) is 18.1. The van der Waals surface area contributed by atoms with Gasteiger partial charge in [-0.2, -0.15) is 0 Å². The Morgan fingerprint density at radius 2 is 2.07 bits per heavy atom. The number of methoxy groups -OCH3 is 1. The Morgan fingerprint density at radius 1 is 1.21 bits per heavy atom. The van der Waals surface area contributed by atoms with E-state index < -0.39 is 0 Å². The van der Waals surface area contributed by atoms with Crippen LogP contribution in [-0.2, 0) is 0 Å². The molecular weight excluding hydrogens is 374 g/mol. The van der Waals surface area contributed by atoms with E-state index >= 15 is 0 Å². The molecule has 5 aromatic rings. The summed E-state index contributed by atoms with van der Waals surface area (Å²) in [5, 5.41) is 5.68. The van der Waals surface area contributed by atoms with Crippen molar-refractivity contribution in [3.63, 3.8) is 0 Å². The molecule has 2 aromatic carbocycles. The summed E-state index contributed by atoms with van der Waals surface area (Å²) < 4.78 is 13.0. The number of rotatable bonds is 4. The van der Waals surface area contributed by atoms with E-state index in [4.69, 9.17) is 9.15 Å². The predicted octanol–water partition coefficient (Wildman–Crippen LogP) is 5.07. The number of fused-ring (bicyclic) bond motifs is 2. The molecule has 3 aromatic heterocycles. The number of nitrogens with zero attached hydrogens (tertiary/aromatic N) is 2. The average molecular weight is 389 g/mol. The van der Waals surface area contributed by atoms with Gasteiger partial charge in [0.05, 0.1) is 12.8 Å². The van der Waals surface area contributed by atoms with Gasteiger partial charge < -0.3 is 14.5 Å². The zero-order valence-corrected chi connectivity index (χ0v) is 15.7. The smallest absolute Gasteiger partial charge is 0.291 e. The van der Waals surface area contributed by atoms with Gasteiger partial charge in [-0.1, -0.05) is 24.3 Å². The highest BCUT2D eigenvalue weighted by molar-refractivity contribution is 7.15. The number of furan rings is 1. The first-order valence-electron chi connectivity index (χ1n) is 8.62. The van der Waals surface area contributed by atoms with Crippen LogP contribution in [-0.4, -0.2) is 22.4 Å². The summed E-state index contributed by atoms with van der Waals surface area (Å²) in [7, 11) is 1.57. The molecule has 0 spiro atoms. The molecule has 0 aliphatic carbocycles. The zero-order chi connectivity index (χ0) is 19.1. The number of anilines is 1. The van der Waals surface area contributed by atoms with E-state index in [1.807, 2.05) is 58.6 Å². The number of ether oxygens (including phenoxy) is 1. The molecule has 3 heterocycles. The lowest BCUT2D eigenvalue weighted by Crippen LogP contribution is -2.10. The summed E-state index contributed by atoms with van der Waals surface area (Å²) in [6, 6.07) is 14.8. The molecule has 1 amide bonds. The van der Waals surface area contributed by atoms with E-state index in [0.29, 0.717) is 17.0 Å². The van der Waals surface area contributed by atoms with Crippen molar-refractivity contribution in [2.24, 2.45) is 0 Å². The monoisotopic (exact) mass is 389 g/mol. The van der Waals surface area contributed by atoms with Crippen molar-refractivity contribution in [3.8, 4) is 17.0 Å². The highest BCUT2D eigenvalue weighted by atomic mass is 32.1. The van der Waals surface area contributed by atoms with Crippen molar-refractivity contribution in [2.45, 2.75) is 0 Å². The maximum absolute atomic E-state index is 12.6. The van der Waals surface area contributed by atoms with Crippen LogP contribution in [0.25, 0.3) is 27.2 Å². The third kappa shape index (κ3) is 2.82. The number of amides is 1. The largest absolute Gasteiger partial charge is 0.493 e. The second-order valence-corrected chi connectivity index (χ2v) is 7.11. The molecule has 7 heteroatoms. The summed E-state index contributed by atoms with van der Waals surface area (Å²) in [6.45, 7) is 0. The van der Waals surface area contributed by atoms with Gasteiger partial charge in [-0.3, -0.25) is 9.20 Å². The van der Waals surface area contributed by atoms with Gasteiger partial charge in [-0.25, -0.2) is 4.98 Å². The number of imidazole rings is 1. The number of hydrogen-bond acceptors (Lipinski definition) is 5. The predicted molar refractivity (Wildman–Crippen MR) is 109 cm³/mol. The Hall–Kier alpha value is -3.58. The number of para-hydroxylation sites is 1. The lowest BCUT2D eigenvalue weighted by Gasteiger charge is -2.04. The molecule has 0 radical (unpaired) electrons. The first-order valence-corrected chi connectivity index (χ1v) is 9.50. The highest BCUT2D eigenvalue weighted by Crippen LogP contribution is 2.29. The standard InChI is InChI=1S/C21H15N3O3S/c1-26-17-4-2-3-14-11-18(27-19(14)17)20(25)22-15-7-5-13(6-8-15)16-12-24-9-10-28-21(24)23-16/h2-12H,1H3,(H,22,25). The maximum Gasteiger partial charge on any atom is 0.291 e. The van der Waals surface area contributed by atoms with Gasteiger partial charge in [-0.15, -0.1) is 11.3 Å². The molecule has 0 unspecified atom stereocenters. The summed E-state index contributed by atoms with van der Waals surface area (Å²) in [5.41, 5.74) is 3.13. The molecular formula is C21H15N3O3S. The van der Waals surface area contributed by atoms with E-state index in [2.05, 4.69) is 10.3 Å². The molecule has 0 bridgehead atoms. The minimum Gasteiger partial charge on any atom is -0.493 e. The first kappa shape index (κ1) is 16.6. The minimum absolute atomic E-state index is 0.234. The fourth-order valence-electron chi connectivity index (χ4n) is 3.09. The molecule has 138 valence electrons. The van der Waals surface area contributed by atoms with Crippen LogP contribution >= 0.6 is 11.3 Å². The number of hydrogen-bond donors (Lipinski definition) is 1. The van der Waals surface area contributed by atoms with Crippen molar-refractivity contribution < 1.29 is 13.9 Å². The van der Waals surface area contributed by atoms with E-state index in [9.17, 15) is 4.79 Å². The Kier molecular flexibility index (Phi) is 3.87. The Balaban J connectivity index is 1.37. The van der Waals surface area contributed by atoms with E-state index in [-0.39, 0.29) is 11.7 Å². The molecule has 1 N–H and O–H groups in total. The number of carbonyl (C=O) groups excluding carboxylic acids is 1. The molecule has 0 aliphatic heterocycles. The third-order valence-electron chi connectivity index (χ3n) is 4.48. The lowest BCUT2D eigenvalue weighted by molar-refractivity contribution is 0.0998. The summed E-state index contributed by atoms with van der Waals surface area (Å²) in [5.74, 6) is 0.521. The summed E-state index contributed by atoms with van der Waals surface area (Å²) >= 11 is 1.59. The topological polar surface area (TPSA) is 68.8 Å². The fourth-order valence-corrected chi connectivity index (χ4v) is 3.79. The Morgan fingerprint density at radius 3 is 2.86 bits per heavy atom. The van der Waals surface area contributed by atoms with Gasteiger partial charge in [0.1, 0.15) is 0 Å². The second kappa shape index (κ2) is 6.54. The molecule has 5 rings (SSSR count). The van der Waals surface area contributed by atoms with Crippen molar-refractivity contribution in [1.82, 2.24) is 9.38 Å². The van der Waals surface area contributed by atoms with Gasteiger partial charge in [-0.05, 0) is 24.3 Å². The van der Waals surface area contributed by atoms with Crippen molar-refractivity contribution in [2.75, 3.05) is 12.4 Å². The normalized spacial score (nSPS) is 11.2. The zero-order valence-electron chi connectivity index (χ0n) is 14.9. The molecule has 0 saturated carbocycles. The molecule has 28 heavy (non-hydrogen) atoms. The van der Waals surface area contributed by atoms with E-state index in [1.54, 1.807) is 30.6 Å². The minimum atomic E-state index is -0.312. The number of carbonyl (C=O) groups is 1. The molecule has 0 aliphatic rings. The number of aromatic nitrogens is 2. The number of benzene rings is 2. The van der Waals surface area contributed by atoms with Crippen LogP contribution in [0.5, 0.6) is 5.75 Å². The van der Waals surface area contributed by atoms with E-state index in [0.717, 1.165) is 21.6 Å². The molecule has 0 fully saturated rings. The lowest BCUT2D eigenvalue weighted by atomic mass is 10.1. The average Bonchev–Trinajstić information content (AvgIpc) is 3.42. The van der Waals surface area contributed by atoms with Gasteiger partial charge in [0.25, 0.3) is 5.91 Å². The van der Waals surface area contributed by atoms with Crippen LogP contribution in [0.15, 0.2) is 70.7 Å². The molecule has 0 atom stereocenters. The second-order valence-electron chi connectivity index (χ2n) is 6.24. The quantitative estimate of drug-likeness (QED) is 0.466. The van der Waals surface area contributed by atoms with Crippen LogP contribution < -0.4 is 10.1 Å². The van der Waals surface area contributed by atoms with Crippen LogP contribution in [0.3, 0.4) is 0 Å². The third-order valence-corrected chi connectivity index (χ3v) is 5.25. The first-order chi connectivity index (χ1) is 13.7. The van der Waals surface area contributed by atoms with Gasteiger partial charge in [0.2, 0.25) is 0 Å². The van der Waals surface area contributed by atoms with Gasteiger partial charge >= 0.3 is 0 Å². The van der Waals surface area contributed by atoms with E-state index in [1.165, 1.54) is 0 Å². The van der Waals surface area contributed by atoms with Crippen LogP contribution in [0.4, 0.5) is 5.69 Å². The Bertz CT molecular complexity index is 1270. The highest BCUT2D eigenvalue weighted by Gasteiger charge is 2.15. The fraction of sp³-hybridized carbons (Fsp3) is 0.0476. The summed E-state index contributed by atoms with van der Waals surface area (Å²) in [6.07, 6.45) is 3.97. The number of thiazole rings is 1. The van der Waals surface area contributed by atoms with Crippen molar-refractivity contribution in [1.29, 1.82) is 0 Å². The van der Waals surface area contributed by atoms with Gasteiger partial charge in [0.15, 0.2) is 22.1 Å².